The number of amides is 1. The first kappa shape index (κ1) is 12.4. The van der Waals surface area contributed by atoms with Crippen LogP contribution in [0.2, 0.25) is 0 Å². The molecule has 17 heavy (non-hydrogen) atoms. The van der Waals surface area contributed by atoms with E-state index in [0.717, 1.165) is 6.42 Å². The van der Waals surface area contributed by atoms with E-state index >= 15 is 0 Å². The van der Waals surface area contributed by atoms with Gasteiger partial charge >= 0.3 is 5.97 Å². The molecule has 1 saturated carbocycles. The Hall–Kier alpha value is -1.10. The lowest BCUT2D eigenvalue weighted by Gasteiger charge is -2.20. The van der Waals surface area contributed by atoms with E-state index in [1.807, 2.05) is 6.92 Å². The third-order valence-electron chi connectivity index (χ3n) is 3.73. The zero-order valence-electron chi connectivity index (χ0n) is 10.3. The molecule has 2 fully saturated rings. The highest BCUT2D eigenvalue weighted by Crippen LogP contribution is 2.38. The highest BCUT2D eigenvalue weighted by molar-refractivity contribution is 5.84. The molecule has 2 aliphatic rings. The number of aliphatic carboxylic acids is 1. The highest BCUT2D eigenvalue weighted by atomic mass is 16.5. The Kier molecular flexibility index (Phi) is 3.12. The van der Waals surface area contributed by atoms with Crippen LogP contribution < -0.4 is 0 Å². The third-order valence-corrected chi connectivity index (χ3v) is 3.73. The average molecular weight is 241 g/mol. The first-order chi connectivity index (χ1) is 7.98. The summed E-state index contributed by atoms with van der Waals surface area (Å²) in [6, 6.07) is 0. The second kappa shape index (κ2) is 4.29. The van der Waals surface area contributed by atoms with E-state index in [4.69, 9.17) is 9.84 Å². The zero-order chi connectivity index (χ0) is 12.6. The number of rotatable bonds is 4. The molecular weight excluding hydrogens is 222 g/mol. The molecule has 5 nitrogen and oxygen atoms in total. The second-order valence-electron chi connectivity index (χ2n) is 5.21. The summed E-state index contributed by atoms with van der Waals surface area (Å²) in [4.78, 5) is 24.8. The summed E-state index contributed by atoms with van der Waals surface area (Å²) in [6.07, 6.45) is 1.39. The van der Waals surface area contributed by atoms with E-state index in [2.05, 4.69) is 0 Å². The van der Waals surface area contributed by atoms with Gasteiger partial charge in [0.1, 0.15) is 0 Å². The molecule has 1 saturated heterocycles. The van der Waals surface area contributed by atoms with Crippen LogP contribution in [0.25, 0.3) is 0 Å². The van der Waals surface area contributed by atoms with Gasteiger partial charge in [-0.2, -0.15) is 0 Å². The number of carboxylic acids is 1. The molecule has 3 atom stereocenters. The van der Waals surface area contributed by atoms with Gasteiger partial charge in [0.2, 0.25) is 5.91 Å². The fraction of sp³-hybridized carbons (Fsp3) is 0.833. The molecule has 1 aliphatic carbocycles. The average Bonchev–Trinajstić information content (AvgIpc) is 2.91. The Morgan fingerprint density at radius 1 is 1.53 bits per heavy atom. The lowest BCUT2D eigenvalue weighted by atomic mass is 9.90. The zero-order valence-corrected chi connectivity index (χ0v) is 10.3. The van der Waals surface area contributed by atoms with Crippen molar-refractivity contribution in [2.75, 3.05) is 19.7 Å². The smallest absolute Gasteiger partial charge is 0.311 e. The number of carboxylic acid groups (broad SMARTS) is 1. The Labute approximate surface area is 101 Å². The quantitative estimate of drug-likeness (QED) is 0.788. The van der Waals surface area contributed by atoms with Crippen molar-refractivity contribution in [3.05, 3.63) is 0 Å². The minimum atomic E-state index is -0.815. The van der Waals surface area contributed by atoms with Crippen molar-refractivity contribution >= 4 is 11.9 Å². The standard InChI is InChI=1S/C12H19NO4/c1-3-17-9-6-8(9)10(14)13-5-4-12(2,7-13)11(15)16/h8-9H,3-7H2,1-2H3,(H,15,16)/t8-,9-,12-/m1/s1. The molecule has 0 aromatic rings. The summed E-state index contributed by atoms with van der Waals surface area (Å²) < 4.78 is 5.38. The van der Waals surface area contributed by atoms with Crippen molar-refractivity contribution in [1.82, 2.24) is 4.90 Å². The summed E-state index contributed by atoms with van der Waals surface area (Å²) in [5.74, 6) is -0.788. The highest BCUT2D eigenvalue weighted by Gasteiger charge is 2.50. The Balaban J connectivity index is 1.89. The lowest BCUT2D eigenvalue weighted by Crippen LogP contribution is -2.36. The number of carbonyl (C=O) groups excluding carboxylic acids is 1. The number of ether oxygens (including phenoxy) is 1. The summed E-state index contributed by atoms with van der Waals surface area (Å²) >= 11 is 0. The van der Waals surface area contributed by atoms with E-state index in [1.54, 1.807) is 11.8 Å². The van der Waals surface area contributed by atoms with E-state index < -0.39 is 11.4 Å². The molecule has 5 heteroatoms. The van der Waals surface area contributed by atoms with Crippen LogP contribution in [0.3, 0.4) is 0 Å². The van der Waals surface area contributed by atoms with Crippen molar-refractivity contribution in [1.29, 1.82) is 0 Å². The molecule has 2 rings (SSSR count). The van der Waals surface area contributed by atoms with E-state index in [-0.39, 0.29) is 17.9 Å². The fourth-order valence-corrected chi connectivity index (χ4v) is 2.39. The molecule has 1 heterocycles. The molecule has 1 amide bonds. The fourth-order valence-electron chi connectivity index (χ4n) is 2.39. The molecule has 0 unspecified atom stereocenters. The van der Waals surface area contributed by atoms with Crippen molar-refractivity contribution in [3.63, 3.8) is 0 Å². The molecular formula is C12H19NO4. The number of hydrogen-bond donors (Lipinski definition) is 1. The van der Waals surface area contributed by atoms with Gasteiger partial charge in [0.15, 0.2) is 0 Å². The SMILES string of the molecule is CCO[C@@H]1C[C@H]1C(=O)N1CC[C@@](C)(C(=O)O)C1. The van der Waals surface area contributed by atoms with Crippen molar-refractivity contribution < 1.29 is 19.4 Å². The molecule has 0 spiro atoms. The van der Waals surface area contributed by atoms with Crippen LogP contribution in [0.4, 0.5) is 0 Å². The van der Waals surface area contributed by atoms with E-state index in [9.17, 15) is 9.59 Å². The van der Waals surface area contributed by atoms with Crippen molar-refractivity contribution in [3.8, 4) is 0 Å². The van der Waals surface area contributed by atoms with Gasteiger partial charge in [-0.3, -0.25) is 9.59 Å². The predicted molar refractivity (Wildman–Crippen MR) is 60.5 cm³/mol. The van der Waals surface area contributed by atoms with Crippen LogP contribution in [-0.2, 0) is 14.3 Å². The van der Waals surface area contributed by atoms with Gasteiger partial charge in [-0.25, -0.2) is 0 Å². The van der Waals surface area contributed by atoms with Crippen molar-refractivity contribution in [2.45, 2.75) is 32.8 Å². The van der Waals surface area contributed by atoms with Gasteiger partial charge in [-0.15, -0.1) is 0 Å². The predicted octanol–water partition coefficient (Wildman–Crippen LogP) is 0.735. The van der Waals surface area contributed by atoms with Gasteiger partial charge in [0.05, 0.1) is 17.4 Å². The second-order valence-corrected chi connectivity index (χ2v) is 5.21. The van der Waals surface area contributed by atoms with Gasteiger partial charge in [-0.1, -0.05) is 0 Å². The molecule has 0 aromatic heterocycles. The Morgan fingerprint density at radius 3 is 2.76 bits per heavy atom. The molecule has 1 N–H and O–H groups in total. The van der Waals surface area contributed by atoms with Crippen LogP contribution in [-0.4, -0.2) is 47.7 Å². The largest absolute Gasteiger partial charge is 0.481 e. The first-order valence-corrected chi connectivity index (χ1v) is 6.12. The van der Waals surface area contributed by atoms with Gasteiger partial charge in [0.25, 0.3) is 0 Å². The minimum Gasteiger partial charge on any atom is -0.481 e. The summed E-state index contributed by atoms with van der Waals surface area (Å²) in [6.45, 7) is 5.13. The number of hydrogen-bond acceptors (Lipinski definition) is 3. The molecule has 1 aliphatic heterocycles. The third kappa shape index (κ3) is 2.29. The van der Waals surface area contributed by atoms with Crippen LogP contribution in [0, 0.1) is 11.3 Å². The topological polar surface area (TPSA) is 66.8 Å². The summed E-state index contributed by atoms with van der Waals surface area (Å²) in [7, 11) is 0. The minimum absolute atomic E-state index is 0.0360. The molecule has 0 aromatic carbocycles. The van der Waals surface area contributed by atoms with Gasteiger partial charge in [0, 0.05) is 19.7 Å². The van der Waals surface area contributed by atoms with Crippen LogP contribution in [0.1, 0.15) is 26.7 Å². The van der Waals surface area contributed by atoms with E-state index in [0.29, 0.717) is 26.1 Å². The number of nitrogens with zero attached hydrogens (tertiary/aromatic N) is 1. The number of likely N-dealkylation sites (tertiary alicyclic amines) is 1. The maximum absolute atomic E-state index is 12.1. The molecule has 96 valence electrons. The monoisotopic (exact) mass is 241 g/mol. The number of carbonyl (C=O) groups is 2. The molecule has 0 radical (unpaired) electrons. The first-order valence-electron chi connectivity index (χ1n) is 6.12. The maximum Gasteiger partial charge on any atom is 0.311 e. The summed E-state index contributed by atoms with van der Waals surface area (Å²) in [5.41, 5.74) is -0.772. The summed E-state index contributed by atoms with van der Waals surface area (Å²) in [5, 5.41) is 9.10. The van der Waals surface area contributed by atoms with E-state index in [1.165, 1.54) is 0 Å². The Bertz CT molecular complexity index is 343. The van der Waals surface area contributed by atoms with Gasteiger partial charge in [-0.05, 0) is 26.7 Å². The lowest BCUT2D eigenvalue weighted by molar-refractivity contribution is -0.147. The van der Waals surface area contributed by atoms with Gasteiger partial charge < -0.3 is 14.7 Å². The molecule has 0 bridgehead atoms. The normalized spacial score (nSPS) is 36.0. The maximum atomic E-state index is 12.1. The van der Waals surface area contributed by atoms with Crippen LogP contribution in [0.5, 0.6) is 0 Å². The van der Waals surface area contributed by atoms with Crippen LogP contribution >= 0.6 is 0 Å². The van der Waals surface area contributed by atoms with Crippen LogP contribution in [0.15, 0.2) is 0 Å². The van der Waals surface area contributed by atoms with Crippen molar-refractivity contribution in [2.24, 2.45) is 11.3 Å². The Morgan fingerprint density at radius 2 is 2.24 bits per heavy atom.